The second-order valence-corrected chi connectivity index (χ2v) is 8.48. The molecular formula is C19H22BrN5O2S. The number of anilines is 1. The summed E-state index contributed by atoms with van der Waals surface area (Å²) < 4.78 is 9.22. The molecule has 1 aliphatic rings. The molecule has 3 heterocycles. The van der Waals surface area contributed by atoms with Gasteiger partial charge >= 0.3 is 0 Å². The zero-order chi connectivity index (χ0) is 19.5. The van der Waals surface area contributed by atoms with Gasteiger partial charge in [0.25, 0.3) is 5.91 Å². The van der Waals surface area contributed by atoms with Crippen molar-refractivity contribution in [2.75, 3.05) is 44.3 Å². The van der Waals surface area contributed by atoms with E-state index in [9.17, 15) is 4.79 Å². The van der Waals surface area contributed by atoms with Crippen molar-refractivity contribution in [2.24, 2.45) is 0 Å². The molecule has 7 nitrogen and oxygen atoms in total. The lowest BCUT2D eigenvalue weighted by Crippen LogP contribution is -2.43. The van der Waals surface area contributed by atoms with Gasteiger partial charge in [0.05, 0.1) is 23.4 Å². The molecule has 1 amide bonds. The fourth-order valence-electron chi connectivity index (χ4n) is 3.26. The van der Waals surface area contributed by atoms with Crippen LogP contribution < -0.4 is 4.90 Å². The summed E-state index contributed by atoms with van der Waals surface area (Å²) in [4.78, 5) is 22.2. The first-order chi connectivity index (χ1) is 13.7. The van der Waals surface area contributed by atoms with Crippen LogP contribution >= 0.6 is 27.3 Å². The number of thiazole rings is 1. The van der Waals surface area contributed by atoms with Gasteiger partial charge in [0.2, 0.25) is 0 Å². The van der Waals surface area contributed by atoms with Gasteiger partial charge in [-0.15, -0.1) is 0 Å². The maximum Gasteiger partial charge on any atom is 0.278 e. The second kappa shape index (κ2) is 8.69. The summed E-state index contributed by atoms with van der Waals surface area (Å²) in [7, 11) is 0. The Hall–Kier alpha value is -1.81. The molecule has 0 N–H and O–H groups in total. The number of amides is 1. The predicted octanol–water partition coefficient (Wildman–Crippen LogP) is 3.25. The summed E-state index contributed by atoms with van der Waals surface area (Å²) in [6.45, 7) is 7.26. The minimum Gasteiger partial charge on any atom is -0.379 e. The Morgan fingerprint density at radius 2 is 2.14 bits per heavy atom. The number of ether oxygens (including phenoxy) is 1. The van der Waals surface area contributed by atoms with E-state index < -0.39 is 0 Å². The largest absolute Gasteiger partial charge is 0.379 e. The Labute approximate surface area is 176 Å². The summed E-state index contributed by atoms with van der Waals surface area (Å²) in [6, 6.07) is 7.76. The maximum absolute atomic E-state index is 13.4. The van der Waals surface area contributed by atoms with Crippen molar-refractivity contribution in [2.45, 2.75) is 13.5 Å². The van der Waals surface area contributed by atoms with Crippen LogP contribution in [0.4, 0.5) is 5.13 Å². The van der Waals surface area contributed by atoms with Gasteiger partial charge in [-0.05, 0) is 31.2 Å². The molecule has 1 fully saturated rings. The number of hydrogen-bond acceptors (Lipinski definition) is 6. The van der Waals surface area contributed by atoms with Crippen LogP contribution in [0.25, 0.3) is 10.2 Å². The third kappa shape index (κ3) is 4.12. The molecule has 0 saturated carbocycles. The number of hydrogen-bond donors (Lipinski definition) is 0. The standard InChI is InChI=1S/C19H22BrN5O2S/c1-2-25-16(5-6-21-25)18(26)24(8-7-23-9-11-27-12-10-23)19-22-15-4-3-14(20)13-17(15)28-19/h3-6,13H,2,7-12H2,1H3. The number of carbonyl (C=O) groups is 1. The van der Waals surface area contributed by atoms with Crippen molar-refractivity contribution >= 4 is 48.5 Å². The summed E-state index contributed by atoms with van der Waals surface area (Å²) in [5, 5.41) is 4.97. The van der Waals surface area contributed by atoms with Crippen molar-refractivity contribution in [3.63, 3.8) is 0 Å². The topological polar surface area (TPSA) is 63.5 Å². The molecule has 1 aliphatic heterocycles. The average Bonchev–Trinajstić information content (AvgIpc) is 3.35. The second-order valence-electron chi connectivity index (χ2n) is 6.55. The van der Waals surface area contributed by atoms with Crippen molar-refractivity contribution in [3.05, 3.63) is 40.6 Å². The van der Waals surface area contributed by atoms with Crippen LogP contribution in [0.15, 0.2) is 34.9 Å². The van der Waals surface area contributed by atoms with E-state index in [0.717, 1.165) is 52.7 Å². The van der Waals surface area contributed by atoms with Crippen molar-refractivity contribution in [1.82, 2.24) is 19.7 Å². The van der Waals surface area contributed by atoms with E-state index in [1.165, 1.54) is 11.3 Å². The van der Waals surface area contributed by atoms with Gasteiger partial charge < -0.3 is 4.74 Å². The first-order valence-electron chi connectivity index (χ1n) is 9.35. The minimum atomic E-state index is -0.0641. The van der Waals surface area contributed by atoms with Gasteiger partial charge in [-0.1, -0.05) is 27.3 Å². The molecule has 28 heavy (non-hydrogen) atoms. The highest BCUT2D eigenvalue weighted by molar-refractivity contribution is 9.10. The van der Waals surface area contributed by atoms with Crippen LogP contribution in [0.5, 0.6) is 0 Å². The number of aryl methyl sites for hydroxylation is 1. The van der Waals surface area contributed by atoms with Crippen LogP contribution in [-0.4, -0.2) is 65.0 Å². The number of rotatable bonds is 6. The number of nitrogens with zero attached hydrogens (tertiary/aromatic N) is 5. The Balaban J connectivity index is 1.64. The third-order valence-electron chi connectivity index (χ3n) is 4.79. The average molecular weight is 464 g/mol. The monoisotopic (exact) mass is 463 g/mol. The van der Waals surface area contributed by atoms with Crippen LogP contribution in [-0.2, 0) is 11.3 Å². The van der Waals surface area contributed by atoms with E-state index in [0.29, 0.717) is 18.8 Å². The van der Waals surface area contributed by atoms with Crippen molar-refractivity contribution in [1.29, 1.82) is 0 Å². The first kappa shape index (κ1) is 19.5. The molecule has 3 aromatic rings. The van der Waals surface area contributed by atoms with Crippen LogP contribution in [0.1, 0.15) is 17.4 Å². The molecule has 0 radical (unpaired) electrons. The Morgan fingerprint density at radius 1 is 1.32 bits per heavy atom. The van der Waals surface area contributed by atoms with Crippen LogP contribution in [0.2, 0.25) is 0 Å². The van der Waals surface area contributed by atoms with Gasteiger partial charge in [0, 0.05) is 43.4 Å². The van der Waals surface area contributed by atoms with Crippen LogP contribution in [0, 0.1) is 0 Å². The van der Waals surface area contributed by atoms with Crippen LogP contribution in [0.3, 0.4) is 0 Å². The fourth-order valence-corrected chi connectivity index (χ4v) is 4.80. The highest BCUT2D eigenvalue weighted by atomic mass is 79.9. The smallest absolute Gasteiger partial charge is 0.278 e. The molecule has 148 valence electrons. The summed E-state index contributed by atoms with van der Waals surface area (Å²) >= 11 is 5.05. The van der Waals surface area contributed by atoms with E-state index in [4.69, 9.17) is 9.72 Å². The molecule has 1 aromatic carbocycles. The molecule has 9 heteroatoms. The summed E-state index contributed by atoms with van der Waals surface area (Å²) in [6.07, 6.45) is 1.67. The zero-order valence-electron chi connectivity index (χ0n) is 15.7. The molecule has 1 saturated heterocycles. The van der Waals surface area contributed by atoms with E-state index in [1.54, 1.807) is 21.8 Å². The lowest BCUT2D eigenvalue weighted by atomic mass is 10.3. The van der Waals surface area contributed by atoms with Gasteiger partial charge in [-0.3, -0.25) is 19.3 Å². The normalized spacial score (nSPS) is 15.2. The van der Waals surface area contributed by atoms with E-state index >= 15 is 0 Å². The van der Waals surface area contributed by atoms with E-state index in [-0.39, 0.29) is 5.91 Å². The molecule has 0 aliphatic carbocycles. The summed E-state index contributed by atoms with van der Waals surface area (Å²) in [5.41, 5.74) is 1.49. The van der Waals surface area contributed by atoms with E-state index in [2.05, 4.69) is 25.9 Å². The third-order valence-corrected chi connectivity index (χ3v) is 6.33. The highest BCUT2D eigenvalue weighted by Crippen LogP contribution is 2.31. The Kier molecular flexibility index (Phi) is 6.05. The molecule has 4 rings (SSSR count). The van der Waals surface area contributed by atoms with Gasteiger partial charge in [0.1, 0.15) is 5.69 Å². The number of morpholine rings is 1. The maximum atomic E-state index is 13.4. The van der Waals surface area contributed by atoms with Gasteiger partial charge in [-0.25, -0.2) is 4.98 Å². The minimum absolute atomic E-state index is 0.0641. The Morgan fingerprint density at radius 3 is 2.93 bits per heavy atom. The molecular weight excluding hydrogens is 442 g/mol. The summed E-state index contributed by atoms with van der Waals surface area (Å²) in [5.74, 6) is -0.0641. The lowest BCUT2D eigenvalue weighted by molar-refractivity contribution is 0.0391. The SMILES string of the molecule is CCn1nccc1C(=O)N(CCN1CCOCC1)c1nc2ccc(Br)cc2s1. The number of halogens is 1. The molecule has 0 unspecified atom stereocenters. The number of fused-ring (bicyclic) bond motifs is 1. The fraction of sp³-hybridized carbons (Fsp3) is 0.421. The predicted molar refractivity (Wildman–Crippen MR) is 114 cm³/mol. The molecule has 0 bridgehead atoms. The van der Waals surface area contributed by atoms with Crippen molar-refractivity contribution in [3.8, 4) is 0 Å². The number of carbonyl (C=O) groups excluding carboxylic acids is 1. The van der Waals surface area contributed by atoms with Crippen molar-refractivity contribution < 1.29 is 9.53 Å². The highest BCUT2D eigenvalue weighted by Gasteiger charge is 2.25. The zero-order valence-corrected chi connectivity index (χ0v) is 18.1. The number of aromatic nitrogens is 3. The molecule has 0 spiro atoms. The molecule has 2 aromatic heterocycles. The molecule has 0 atom stereocenters. The Bertz CT molecular complexity index is 966. The van der Waals surface area contributed by atoms with Gasteiger partial charge in [-0.2, -0.15) is 5.10 Å². The van der Waals surface area contributed by atoms with Gasteiger partial charge in [0.15, 0.2) is 5.13 Å². The van der Waals surface area contributed by atoms with E-state index in [1.807, 2.05) is 25.1 Å². The first-order valence-corrected chi connectivity index (χ1v) is 11.0. The number of benzene rings is 1. The quantitative estimate of drug-likeness (QED) is 0.561. The lowest BCUT2D eigenvalue weighted by Gasteiger charge is -2.29.